The molecule has 0 bridgehead atoms. The molecule has 0 amide bonds. The molecular weight excluding hydrogens is 332 g/mol. The van der Waals surface area contributed by atoms with Gasteiger partial charge in [0.1, 0.15) is 0 Å². The number of rotatable bonds is 4. The van der Waals surface area contributed by atoms with Gasteiger partial charge in [-0.2, -0.15) is 0 Å². The SMILES string of the molecule is Cc1cc(C)c(C)c(S(=O)(=O)NCC2(C)CCNCC2)c1C.Cl. The third-order valence-corrected chi connectivity index (χ3v) is 6.74. The van der Waals surface area contributed by atoms with Crippen LogP contribution in [-0.4, -0.2) is 28.1 Å². The summed E-state index contributed by atoms with van der Waals surface area (Å²) in [6, 6.07) is 2.05. The molecule has 2 rings (SSSR count). The Morgan fingerprint density at radius 2 is 1.57 bits per heavy atom. The van der Waals surface area contributed by atoms with Crippen LogP contribution < -0.4 is 10.0 Å². The molecule has 1 aliphatic heterocycles. The molecule has 0 saturated carbocycles. The average molecular weight is 361 g/mol. The van der Waals surface area contributed by atoms with Crippen LogP contribution in [0.4, 0.5) is 0 Å². The van der Waals surface area contributed by atoms with Gasteiger partial charge in [-0.05, 0) is 81.3 Å². The quantitative estimate of drug-likeness (QED) is 0.867. The highest BCUT2D eigenvalue weighted by Gasteiger charge is 2.30. The number of sulfonamides is 1. The minimum Gasteiger partial charge on any atom is -0.317 e. The maximum Gasteiger partial charge on any atom is 0.241 e. The Balaban J connectivity index is 0.00000264. The zero-order chi connectivity index (χ0) is 16.5. The van der Waals surface area contributed by atoms with Crippen LogP contribution in [0.25, 0.3) is 0 Å². The molecule has 23 heavy (non-hydrogen) atoms. The van der Waals surface area contributed by atoms with Gasteiger partial charge in [-0.1, -0.05) is 13.0 Å². The van der Waals surface area contributed by atoms with Crippen LogP contribution in [-0.2, 0) is 10.0 Å². The number of halogens is 1. The summed E-state index contributed by atoms with van der Waals surface area (Å²) < 4.78 is 28.5. The molecule has 0 unspecified atom stereocenters. The first-order valence-corrected chi connectivity index (χ1v) is 9.42. The Hall–Kier alpha value is -0.620. The van der Waals surface area contributed by atoms with E-state index in [1.165, 1.54) is 0 Å². The molecule has 1 heterocycles. The predicted molar refractivity (Wildman–Crippen MR) is 98.0 cm³/mol. The number of hydrogen-bond acceptors (Lipinski definition) is 3. The summed E-state index contributed by atoms with van der Waals surface area (Å²) in [5.41, 5.74) is 3.80. The van der Waals surface area contributed by atoms with E-state index < -0.39 is 10.0 Å². The second-order valence-corrected chi connectivity index (χ2v) is 8.68. The van der Waals surface area contributed by atoms with Crippen molar-refractivity contribution in [2.75, 3.05) is 19.6 Å². The zero-order valence-corrected chi connectivity index (χ0v) is 16.4. The van der Waals surface area contributed by atoms with Gasteiger partial charge < -0.3 is 5.32 Å². The van der Waals surface area contributed by atoms with E-state index in [0.29, 0.717) is 11.4 Å². The van der Waals surface area contributed by atoms with Crippen molar-refractivity contribution in [1.82, 2.24) is 10.0 Å². The lowest BCUT2D eigenvalue weighted by Crippen LogP contribution is -2.43. The highest BCUT2D eigenvalue weighted by molar-refractivity contribution is 7.89. The standard InChI is InChI=1S/C17H28N2O2S.ClH/c1-12-10-13(2)15(4)16(14(12)3)22(20,21)19-11-17(5)6-8-18-9-7-17;/h10,18-19H,6-9,11H2,1-5H3;1H. The van der Waals surface area contributed by atoms with Crippen molar-refractivity contribution >= 4 is 22.4 Å². The number of nitrogens with one attached hydrogen (secondary N) is 2. The average Bonchev–Trinajstić information content (AvgIpc) is 2.44. The summed E-state index contributed by atoms with van der Waals surface area (Å²) in [4.78, 5) is 0.461. The molecule has 1 saturated heterocycles. The van der Waals surface area contributed by atoms with Crippen LogP contribution in [0.3, 0.4) is 0 Å². The molecule has 0 atom stereocenters. The molecule has 132 valence electrons. The topological polar surface area (TPSA) is 58.2 Å². The van der Waals surface area contributed by atoms with E-state index in [-0.39, 0.29) is 17.8 Å². The van der Waals surface area contributed by atoms with Gasteiger partial charge in [-0.3, -0.25) is 0 Å². The predicted octanol–water partition coefficient (Wildman–Crippen LogP) is 3.01. The molecule has 0 spiro atoms. The first-order valence-electron chi connectivity index (χ1n) is 7.94. The van der Waals surface area contributed by atoms with Gasteiger partial charge in [0, 0.05) is 6.54 Å². The minimum atomic E-state index is -3.47. The van der Waals surface area contributed by atoms with Gasteiger partial charge in [-0.25, -0.2) is 13.1 Å². The third kappa shape index (κ3) is 4.47. The van der Waals surface area contributed by atoms with Gasteiger partial charge in [0.05, 0.1) is 4.90 Å². The van der Waals surface area contributed by atoms with E-state index in [2.05, 4.69) is 23.0 Å². The van der Waals surface area contributed by atoms with Crippen molar-refractivity contribution in [1.29, 1.82) is 0 Å². The molecule has 1 fully saturated rings. The summed E-state index contributed by atoms with van der Waals surface area (Å²) in [5, 5.41) is 3.32. The van der Waals surface area contributed by atoms with Crippen LogP contribution in [0.2, 0.25) is 0 Å². The number of hydrogen-bond donors (Lipinski definition) is 2. The van der Waals surface area contributed by atoms with Gasteiger partial charge in [0.2, 0.25) is 10.0 Å². The normalized spacial score (nSPS) is 17.6. The van der Waals surface area contributed by atoms with Crippen molar-refractivity contribution in [2.45, 2.75) is 52.4 Å². The Morgan fingerprint density at radius 3 is 2.04 bits per heavy atom. The Labute approximate surface area is 146 Å². The second kappa shape index (κ2) is 7.51. The van der Waals surface area contributed by atoms with Gasteiger partial charge in [-0.15, -0.1) is 12.4 Å². The summed E-state index contributed by atoms with van der Waals surface area (Å²) in [6.45, 7) is 12.3. The fraction of sp³-hybridized carbons (Fsp3) is 0.647. The van der Waals surface area contributed by atoms with Crippen molar-refractivity contribution < 1.29 is 8.42 Å². The fourth-order valence-corrected chi connectivity index (χ4v) is 4.94. The number of benzene rings is 1. The Bertz CT molecular complexity index is 639. The molecule has 0 aromatic heterocycles. The van der Waals surface area contributed by atoms with Crippen LogP contribution in [0.1, 0.15) is 42.0 Å². The van der Waals surface area contributed by atoms with Crippen LogP contribution in [0, 0.1) is 33.1 Å². The van der Waals surface area contributed by atoms with Gasteiger partial charge in [0.25, 0.3) is 0 Å². The zero-order valence-electron chi connectivity index (χ0n) is 14.7. The van der Waals surface area contributed by atoms with Crippen molar-refractivity contribution in [3.05, 3.63) is 28.3 Å². The largest absolute Gasteiger partial charge is 0.317 e. The van der Waals surface area contributed by atoms with Crippen molar-refractivity contribution in [3.63, 3.8) is 0 Å². The maximum atomic E-state index is 12.8. The van der Waals surface area contributed by atoms with Crippen LogP contribution >= 0.6 is 12.4 Å². The first-order chi connectivity index (χ1) is 10.2. The van der Waals surface area contributed by atoms with Gasteiger partial charge >= 0.3 is 0 Å². The van der Waals surface area contributed by atoms with Gasteiger partial charge in [0.15, 0.2) is 0 Å². The summed E-state index contributed by atoms with van der Waals surface area (Å²) in [6.07, 6.45) is 2.00. The molecule has 1 aromatic rings. The van der Waals surface area contributed by atoms with Crippen molar-refractivity contribution in [3.8, 4) is 0 Å². The van der Waals surface area contributed by atoms with E-state index in [4.69, 9.17) is 0 Å². The summed E-state index contributed by atoms with van der Waals surface area (Å²) in [5.74, 6) is 0. The molecule has 2 N–H and O–H groups in total. The van der Waals surface area contributed by atoms with Crippen LogP contribution in [0.15, 0.2) is 11.0 Å². The van der Waals surface area contributed by atoms with E-state index in [1.54, 1.807) is 0 Å². The molecule has 0 radical (unpaired) electrons. The lowest BCUT2D eigenvalue weighted by atomic mass is 9.81. The summed E-state index contributed by atoms with van der Waals surface area (Å²) >= 11 is 0. The summed E-state index contributed by atoms with van der Waals surface area (Å²) in [7, 11) is -3.47. The Morgan fingerprint density at radius 1 is 1.09 bits per heavy atom. The lowest BCUT2D eigenvalue weighted by molar-refractivity contribution is 0.232. The molecule has 6 heteroatoms. The smallest absolute Gasteiger partial charge is 0.241 e. The second-order valence-electron chi connectivity index (χ2n) is 6.97. The minimum absolute atomic E-state index is 0. The first kappa shape index (κ1) is 20.4. The van der Waals surface area contributed by atoms with Crippen molar-refractivity contribution in [2.24, 2.45) is 5.41 Å². The molecule has 0 aliphatic carbocycles. The van der Waals surface area contributed by atoms with E-state index in [1.807, 2.05) is 27.7 Å². The monoisotopic (exact) mass is 360 g/mol. The molecule has 4 nitrogen and oxygen atoms in total. The highest BCUT2D eigenvalue weighted by atomic mass is 35.5. The Kier molecular flexibility index (Phi) is 6.67. The van der Waals surface area contributed by atoms with E-state index in [9.17, 15) is 8.42 Å². The molecular formula is C17H29ClN2O2S. The maximum absolute atomic E-state index is 12.8. The molecule has 1 aliphatic rings. The lowest BCUT2D eigenvalue weighted by Gasteiger charge is -2.34. The number of aryl methyl sites for hydroxylation is 2. The molecule has 1 aromatic carbocycles. The number of piperidine rings is 1. The fourth-order valence-electron chi connectivity index (χ4n) is 3.13. The van der Waals surface area contributed by atoms with E-state index >= 15 is 0 Å². The highest BCUT2D eigenvalue weighted by Crippen LogP contribution is 2.29. The van der Waals surface area contributed by atoms with E-state index in [0.717, 1.165) is 48.2 Å². The third-order valence-electron chi connectivity index (χ3n) is 5.07. The van der Waals surface area contributed by atoms with Crippen LogP contribution in [0.5, 0.6) is 0 Å².